The quantitative estimate of drug-likeness (QED) is 0.905. The topological polar surface area (TPSA) is 41.3 Å². The van der Waals surface area contributed by atoms with Gasteiger partial charge in [-0.2, -0.15) is 5.10 Å². The number of hydrogen-bond acceptors (Lipinski definition) is 3. The van der Waals surface area contributed by atoms with Gasteiger partial charge in [0.1, 0.15) is 5.60 Å². The van der Waals surface area contributed by atoms with Crippen LogP contribution in [0.15, 0.2) is 10.7 Å². The normalized spacial score (nSPS) is 15.6. The van der Waals surface area contributed by atoms with E-state index in [0.717, 1.165) is 23.3 Å². The molecule has 0 amide bonds. The number of nitrogens with zero attached hydrogens (tertiary/aromatic N) is 3. The first kappa shape index (κ1) is 14.7. The van der Waals surface area contributed by atoms with Crippen molar-refractivity contribution in [2.24, 2.45) is 5.92 Å². The maximum absolute atomic E-state index is 10.6. The Bertz CT molecular complexity index is 372. The molecule has 0 aromatic carbocycles. The first-order valence-electron chi connectivity index (χ1n) is 5.85. The molecule has 4 nitrogen and oxygen atoms in total. The average Bonchev–Trinajstić information content (AvgIpc) is 2.56. The molecule has 0 radical (unpaired) electrons. The highest BCUT2D eigenvalue weighted by molar-refractivity contribution is 9.10. The molecule has 1 aromatic rings. The van der Waals surface area contributed by atoms with Crippen molar-refractivity contribution in [3.8, 4) is 0 Å². The van der Waals surface area contributed by atoms with Gasteiger partial charge in [-0.05, 0) is 42.9 Å². The van der Waals surface area contributed by atoms with Crippen LogP contribution in [0.25, 0.3) is 0 Å². The standard InChI is InChI=1S/C12H22BrN3O/c1-9(2)12(3,17)11-10(13)8-14-16(11)7-6-15(4)5/h8-9,17H,6-7H2,1-5H3. The van der Waals surface area contributed by atoms with Gasteiger partial charge in [0.25, 0.3) is 0 Å². The molecular weight excluding hydrogens is 282 g/mol. The van der Waals surface area contributed by atoms with Crippen LogP contribution in [0.4, 0.5) is 0 Å². The molecule has 0 fully saturated rings. The van der Waals surface area contributed by atoms with Crippen LogP contribution in [0, 0.1) is 5.92 Å². The number of aliphatic hydroxyl groups is 1. The molecule has 0 saturated heterocycles. The number of aromatic nitrogens is 2. The van der Waals surface area contributed by atoms with Crippen molar-refractivity contribution in [3.63, 3.8) is 0 Å². The molecule has 0 spiro atoms. The van der Waals surface area contributed by atoms with Crippen molar-refractivity contribution in [2.75, 3.05) is 20.6 Å². The van der Waals surface area contributed by atoms with Gasteiger partial charge in [-0.3, -0.25) is 4.68 Å². The zero-order valence-electron chi connectivity index (χ0n) is 11.2. The molecule has 0 saturated carbocycles. The van der Waals surface area contributed by atoms with Gasteiger partial charge < -0.3 is 10.0 Å². The van der Waals surface area contributed by atoms with Gasteiger partial charge in [-0.1, -0.05) is 13.8 Å². The highest BCUT2D eigenvalue weighted by Crippen LogP contribution is 2.33. The average molecular weight is 304 g/mol. The van der Waals surface area contributed by atoms with Crippen LogP contribution < -0.4 is 0 Å². The Hall–Kier alpha value is -0.390. The first-order chi connectivity index (χ1) is 7.76. The Balaban J connectivity index is 3.02. The zero-order valence-corrected chi connectivity index (χ0v) is 12.8. The van der Waals surface area contributed by atoms with E-state index in [-0.39, 0.29) is 5.92 Å². The van der Waals surface area contributed by atoms with E-state index in [1.807, 2.05) is 39.5 Å². The fourth-order valence-corrected chi connectivity index (χ4v) is 2.30. The van der Waals surface area contributed by atoms with E-state index < -0.39 is 5.60 Å². The monoisotopic (exact) mass is 303 g/mol. The Morgan fingerprint density at radius 3 is 2.59 bits per heavy atom. The lowest BCUT2D eigenvalue weighted by molar-refractivity contribution is -0.000493. The van der Waals surface area contributed by atoms with Crippen molar-refractivity contribution in [3.05, 3.63) is 16.4 Å². The second kappa shape index (κ2) is 5.50. The SMILES string of the molecule is CC(C)C(C)(O)c1c(Br)cnn1CCN(C)C. The number of halogens is 1. The molecular formula is C12H22BrN3O. The molecule has 1 aromatic heterocycles. The van der Waals surface area contributed by atoms with E-state index in [0.29, 0.717) is 0 Å². The van der Waals surface area contributed by atoms with Crippen LogP contribution >= 0.6 is 15.9 Å². The Labute approximate surface area is 112 Å². The van der Waals surface area contributed by atoms with Crippen LogP contribution in [0.1, 0.15) is 26.5 Å². The molecule has 1 heterocycles. The maximum atomic E-state index is 10.6. The summed E-state index contributed by atoms with van der Waals surface area (Å²) in [6.07, 6.45) is 1.75. The van der Waals surface area contributed by atoms with Crippen molar-refractivity contribution in [1.82, 2.24) is 14.7 Å². The van der Waals surface area contributed by atoms with Crippen molar-refractivity contribution < 1.29 is 5.11 Å². The van der Waals surface area contributed by atoms with E-state index in [4.69, 9.17) is 0 Å². The molecule has 0 bridgehead atoms. The second-order valence-corrected chi connectivity index (χ2v) is 6.02. The van der Waals surface area contributed by atoms with Gasteiger partial charge in [-0.25, -0.2) is 0 Å². The summed E-state index contributed by atoms with van der Waals surface area (Å²) in [4.78, 5) is 2.10. The number of hydrogen-bond donors (Lipinski definition) is 1. The molecule has 0 aliphatic rings. The molecule has 1 unspecified atom stereocenters. The third-order valence-electron chi connectivity index (χ3n) is 3.16. The van der Waals surface area contributed by atoms with E-state index in [1.165, 1.54) is 0 Å². The fraction of sp³-hybridized carbons (Fsp3) is 0.750. The van der Waals surface area contributed by atoms with E-state index in [2.05, 4.69) is 25.9 Å². The van der Waals surface area contributed by atoms with Crippen molar-refractivity contribution in [1.29, 1.82) is 0 Å². The molecule has 0 aliphatic carbocycles. The van der Waals surface area contributed by atoms with Crippen LogP contribution in [-0.4, -0.2) is 40.4 Å². The third-order valence-corrected chi connectivity index (χ3v) is 3.74. The minimum atomic E-state index is -0.873. The Morgan fingerprint density at radius 2 is 2.12 bits per heavy atom. The summed E-state index contributed by atoms with van der Waals surface area (Å²) in [7, 11) is 4.05. The van der Waals surface area contributed by atoms with Crippen molar-refractivity contribution >= 4 is 15.9 Å². The Morgan fingerprint density at radius 1 is 1.53 bits per heavy atom. The summed E-state index contributed by atoms with van der Waals surface area (Å²) in [6.45, 7) is 7.53. The molecule has 1 atom stereocenters. The third kappa shape index (κ3) is 3.30. The molecule has 98 valence electrons. The largest absolute Gasteiger partial charge is 0.384 e. The molecule has 5 heteroatoms. The molecule has 1 rings (SSSR count). The lowest BCUT2D eigenvalue weighted by Gasteiger charge is -2.29. The van der Waals surface area contributed by atoms with Gasteiger partial charge in [0.2, 0.25) is 0 Å². The van der Waals surface area contributed by atoms with E-state index >= 15 is 0 Å². The fourth-order valence-electron chi connectivity index (χ4n) is 1.60. The van der Waals surface area contributed by atoms with Crippen LogP contribution in [0.3, 0.4) is 0 Å². The minimum absolute atomic E-state index is 0.133. The second-order valence-electron chi connectivity index (χ2n) is 5.17. The van der Waals surface area contributed by atoms with Gasteiger partial charge in [0.15, 0.2) is 0 Å². The van der Waals surface area contributed by atoms with Gasteiger partial charge >= 0.3 is 0 Å². The van der Waals surface area contributed by atoms with Crippen molar-refractivity contribution in [2.45, 2.75) is 32.9 Å². The predicted octanol–water partition coefficient (Wildman–Crippen LogP) is 2.07. The summed E-state index contributed by atoms with van der Waals surface area (Å²) < 4.78 is 2.75. The van der Waals surface area contributed by atoms with E-state index in [9.17, 15) is 5.11 Å². The van der Waals surface area contributed by atoms with Gasteiger partial charge in [0, 0.05) is 6.54 Å². The molecule has 17 heavy (non-hydrogen) atoms. The lowest BCUT2D eigenvalue weighted by Crippen LogP contribution is -2.33. The van der Waals surface area contributed by atoms with Crippen LogP contribution in [0.2, 0.25) is 0 Å². The van der Waals surface area contributed by atoms with Crippen LogP contribution in [0.5, 0.6) is 0 Å². The lowest BCUT2D eigenvalue weighted by atomic mass is 9.89. The summed E-state index contributed by atoms with van der Waals surface area (Å²) in [5.41, 5.74) is -0.0175. The summed E-state index contributed by atoms with van der Waals surface area (Å²) in [6, 6.07) is 0. The molecule has 1 N–H and O–H groups in total. The summed E-state index contributed by atoms with van der Waals surface area (Å²) >= 11 is 3.47. The highest BCUT2D eigenvalue weighted by Gasteiger charge is 2.33. The smallest absolute Gasteiger partial charge is 0.107 e. The van der Waals surface area contributed by atoms with Gasteiger partial charge in [0.05, 0.1) is 22.9 Å². The summed E-state index contributed by atoms with van der Waals surface area (Å²) in [5, 5.41) is 14.9. The zero-order chi connectivity index (χ0) is 13.2. The van der Waals surface area contributed by atoms with Crippen LogP contribution in [-0.2, 0) is 12.1 Å². The highest BCUT2D eigenvalue weighted by atomic mass is 79.9. The number of likely N-dealkylation sites (N-methyl/N-ethyl adjacent to an activating group) is 1. The van der Waals surface area contributed by atoms with Gasteiger partial charge in [-0.15, -0.1) is 0 Å². The minimum Gasteiger partial charge on any atom is -0.384 e. The molecule has 0 aliphatic heterocycles. The maximum Gasteiger partial charge on any atom is 0.107 e. The summed E-state index contributed by atoms with van der Waals surface area (Å²) in [5.74, 6) is 0.133. The Kier molecular flexibility index (Phi) is 4.75. The first-order valence-corrected chi connectivity index (χ1v) is 6.65. The number of rotatable bonds is 5. The predicted molar refractivity (Wildman–Crippen MR) is 72.9 cm³/mol. The van der Waals surface area contributed by atoms with E-state index in [1.54, 1.807) is 6.20 Å².